The van der Waals surface area contributed by atoms with Gasteiger partial charge in [0.05, 0.1) is 13.2 Å². The highest BCUT2D eigenvalue weighted by molar-refractivity contribution is 6.26. The molecule has 2 aromatic carbocycles. The van der Waals surface area contributed by atoms with Crippen LogP contribution < -0.4 is 5.32 Å². The average molecular weight is 367 g/mol. The van der Waals surface area contributed by atoms with Crippen LogP contribution in [0.15, 0.2) is 30.3 Å². The number of carbonyl (C=O) groups excluding carboxylic acids is 2. The second-order valence-electron chi connectivity index (χ2n) is 7.03. The molecule has 1 saturated heterocycles. The van der Waals surface area contributed by atoms with E-state index in [-0.39, 0.29) is 11.8 Å². The molecule has 2 aliphatic heterocycles. The molecular formula is C21H25N3O3. The minimum Gasteiger partial charge on any atom is -0.383 e. The van der Waals surface area contributed by atoms with Gasteiger partial charge in [-0.2, -0.15) is 0 Å². The van der Waals surface area contributed by atoms with E-state index in [2.05, 4.69) is 10.2 Å². The summed E-state index contributed by atoms with van der Waals surface area (Å²) in [7, 11) is 0. The monoisotopic (exact) mass is 367 g/mol. The Morgan fingerprint density at radius 2 is 1.74 bits per heavy atom. The molecule has 0 spiro atoms. The van der Waals surface area contributed by atoms with Crippen molar-refractivity contribution in [1.82, 2.24) is 9.80 Å². The maximum atomic E-state index is 12.8. The average Bonchev–Trinajstić information content (AvgIpc) is 2.70. The highest BCUT2D eigenvalue weighted by atomic mass is 16.5. The van der Waals surface area contributed by atoms with Crippen LogP contribution >= 0.6 is 0 Å². The van der Waals surface area contributed by atoms with Crippen LogP contribution in [0, 0.1) is 0 Å². The fourth-order valence-electron chi connectivity index (χ4n) is 3.90. The van der Waals surface area contributed by atoms with E-state index in [1.54, 1.807) is 0 Å². The van der Waals surface area contributed by atoms with Gasteiger partial charge < -0.3 is 10.1 Å². The lowest BCUT2D eigenvalue weighted by Crippen LogP contribution is -2.40. The molecule has 2 amide bonds. The fourth-order valence-corrected chi connectivity index (χ4v) is 3.90. The van der Waals surface area contributed by atoms with E-state index in [1.165, 1.54) is 4.90 Å². The molecule has 2 heterocycles. The first-order chi connectivity index (χ1) is 13.2. The van der Waals surface area contributed by atoms with Crippen LogP contribution in [0.2, 0.25) is 0 Å². The van der Waals surface area contributed by atoms with Crippen LogP contribution in [0.3, 0.4) is 0 Å². The summed E-state index contributed by atoms with van der Waals surface area (Å²) >= 11 is 0. The lowest BCUT2D eigenvalue weighted by molar-refractivity contribution is 0.0398. The third-order valence-corrected chi connectivity index (χ3v) is 5.29. The number of rotatable bonds is 6. The zero-order valence-electron chi connectivity index (χ0n) is 15.7. The van der Waals surface area contributed by atoms with Crippen LogP contribution in [0.4, 0.5) is 5.69 Å². The third kappa shape index (κ3) is 3.31. The largest absolute Gasteiger partial charge is 0.383 e. The number of ether oxygens (including phenoxy) is 1. The molecule has 0 radical (unpaired) electrons. The molecule has 27 heavy (non-hydrogen) atoms. The number of nitrogens with one attached hydrogen (secondary N) is 1. The first-order valence-electron chi connectivity index (χ1n) is 9.66. The molecular weight excluding hydrogens is 342 g/mol. The van der Waals surface area contributed by atoms with Crippen molar-refractivity contribution in [3.05, 3.63) is 41.5 Å². The van der Waals surface area contributed by atoms with E-state index in [9.17, 15) is 9.59 Å². The minimum atomic E-state index is -0.189. The molecule has 4 rings (SSSR count). The Morgan fingerprint density at radius 1 is 1.00 bits per heavy atom. The fraction of sp³-hybridized carbons (Fsp3) is 0.429. The van der Waals surface area contributed by atoms with Crippen molar-refractivity contribution in [3.63, 3.8) is 0 Å². The molecule has 0 atom stereocenters. The van der Waals surface area contributed by atoms with E-state index in [0.29, 0.717) is 17.7 Å². The van der Waals surface area contributed by atoms with Crippen LogP contribution in [0.25, 0.3) is 10.8 Å². The standard InChI is InChI=1S/C21H25N3O3/c1-2-9-24-20(25)16-5-3-4-15-18(7-6-17(19(15)16)21(24)26)22-8-10-23-11-13-27-14-12-23/h3-7,22H,2,8-14H2,1H3. The van der Waals surface area contributed by atoms with Crippen LogP contribution in [-0.4, -0.2) is 67.6 Å². The Morgan fingerprint density at radius 3 is 2.48 bits per heavy atom. The smallest absolute Gasteiger partial charge is 0.261 e. The predicted octanol–water partition coefficient (Wildman–Crippen LogP) is 2.59. The molecule has 1 N–H and O–H groups in total. The topological polar surface area (TPSA) is 61.9 Å². The summed E-state index contributed by atoms with van der Waals surface area (Å²) in [5.74, 6) is -0.379. The third-order valence-electron chi connectivity index (χ3n) is 5.29. The first kappa shape index (κ1) is 17.9. The molecule has 0 aliphatic carbocycles. The van der Waals surface area contributed by atoms with Crippen molar-refractivity contribution in [2.75, 3.05) is 51.3 Å². The summed E-state index contributed by atoms with van der Waals surface area (Å²) in [5.41, 5.74) is 2.20. The van der Waals surface area contributed by atoms with E-state index < -0.39 is 0 Å². The van der Waals surface area contributed by atoms with Gasteiger partial charge in [-0.05, 0) is 24.6 Å². The molecule has 0 saturated carbocycles. The second-order valence-corrected chi connectivity index (χ2v) is 7.03. The van der Waals surface area contributed by atoms with Gasteiger partial charge in [-0.25, -0.2) is 0 Å². The lowest BCUT2D eigenvalue weighted by Gasteiger charge is -2.28. The van der Waals surface area contributed by atoms with Crippen molar-refractivity contribution in [1.29, 1.82) is 0 Å². The summed E-state index contributed by atoms with van der Waals surface area (Å²) in [6.45, 7) is 7.67. The zero-order valence-corrected chi connectivity index (χ0v) is 15.7. The number of hydrogen-bond donors (Lipinski definition) is 1. The van der Waals surface area contributed by atoms with Gasteiger partial charge in [-0.3, -0.25) is 19.4 Å². The van der Waals surface area contributed by atoms with Gasteiger partial charge in [0.15, 0.2) is 0 Å². The Bertz CT molecular complexity index is 852. The van der Waals surface area contributed by atoms with Crippen molar-refractivity contribution in [2.45, 2.75) is 13.3 Å². The van der Waals surface area contributed by atoms with Gasteiger partial charge in [-0.1, -0.05) is 19.1 Å². The molecule has 2 aromatic rings. The van der Waals surface area contributed by atoms with E-state index >= 15 is 0 Å². The van der Waals surface area contributed by atoms with Gasteiger partial charge in [0.1, 0.15) is 0 Å². The molecule has 0 unspecified atom stereocenters. The highest BCUT2D eigenvalue weighted by Crippen LogP contribution is 2.34. The van der Waals surface area contributed by atoms with Crippen LogP contribution in [0.1, 0.15) is 34.1 Å². The molecule has 0 aromatic heterocycles. The lowest BCUT2D eigenvalue weighted by atomic mass is 9.93. The van der Waals surface area contributed by atoms with Crippen molar-refractivity contribution in [3.8, 4) is 0 Å². The number of nitrogens with zero attached hydrogens (tertiary/aromatic N) is 2. The van der Waals surface area contributed by atoms with Crippen molar-refractivity contribution in [2.24, 2.45) is 0 Å². The number of morpholine rings is 1. The highest BCUT2D eigenvalue weighted by Gasteiger charge is 2.32. The van der Waals surface area contributed by atoms with Crippen LogP contribution in [0.5, 0.6) is 0 Å². The van der Waals surface area contributed by atoms with Crippen molar-refractivity contribution >= 4 is 28.3 Å². The summed E-state index contributed by atoms with van der Waals surface area (Å²) in [6.07, 6.45) is 0.754. The van der Waals surface area contributed by atoms with Gasteiger partial charge >= 0.3 is 0 Å². The Balaban J connectivity index is 1.61. The van der Waals surface area contributed by atoms with Gasteiger partial charge in [0, 0.05) is 60.3 Å². The molecule has 142 valence electrons. The van der Waals surface area contributed by atoms with Gasteiger partial charge in [0.25, 0.3) is 11.8 Å². The van der Waals surface area contributed by atoms with Gasteiger partial charge in [0.2, 0.25) is 0 Å². The molecule has 6 nitrogen and oxygen atoms in total. The minimum absolute atomic E-state index is 0.189. The molecule has 0 bridgehead atoms. The summed E-state index contributed by atoms with van der Waals surface area (Å²) in [4.78, 5) is 29.3. The number of carbonyl (C=O) groups is 2. The summed E-state index contributed by atoms with van der Waals surface area (Å²) < 4.78 is 5.38. The number of imide groups is 1. The quantitative estimate of drug-likeness (QED) is 0.795. The van der Waals surface area contributed by atoms with E-state index in [1.807, 2.05) is 37.3 Å². The Hall–Kier alpha value is -2.44. The SMILES string of the molecule is CCCN1C(=O)c2cccc3c(NCCN4CCOCC4)ccc(c23)C1=O. The number of benzene rings is 2. The van der Waals surface area contributed by atoms with E-state index in [0.717, 1.165) is 62.3 Å². The first-order valence-corrected chi connectivity index (χ1v) is 9.66. The van der Waals surface area contributed by atoms with Crippen LogP contribution in [-0.2, 0) is 4.74 Å². The maximum Gasteiger partial charge on any atom is 0.261 e. The summed E-state index contributed by atoms with van der Waals surface area (Å²) in [6, 6.07) is 9.50. The normalized spacial score (nSPS) is 17.6. The number of amides is 2. The number of anilines is 1. The van der Waals surface area contributed by atoms with E-state index in [4.69, 9.17) is 4.74 Å². The Labute approximate surface area is 159 Å². The molecule has 6 heteroatoms. The number of hydrogen-bond acceptors (Lipinski definition) is 5. The van der Waals surface area contributed by atoms with Crippen molar-refractivity contribution < 1.29 is 14.3 Å². The zero-order chi connectivity index (χ0) is 18.8. The predicted molar refractivity (Wildman–Crippen MR) is 105 cm³/mol. The molecule has 1 fully saturated rings. The molecule has 2 aliphatic rings. The van der Waals surface area contributed by atoms with Gasteiger partial charge in [-0.15, -0.1) is 0 Å². The Kier molecular flexibility index (Phi) is 5.09. The second kappa shape index (κ2) is 7.66. The summed E-state index contributed by atoms with van der Waals surface area (Å²) in [5, 5.41) is 5.19. The maximum absolute atomic E-state index is 12.8.